The van der Waals surface area contributed by atoms with Crippen LogP contribution < -0.4 is 10.2 Å². The monoisotopic (exact) mass is 505 g/mol. The van der Waals surface area contributed by atoms with Gasteiger partial charge < -0.3 is 24.6 Å². The normalized spacial score (nSPS) is 18.2. The molecule has 0 aliphatic carbocycles. The Labute approximate surface area is 206 Å². The summed E-state index contributed by atoms with van der Waals surface area (Å²) in [4.78, 5) is 18.7. The molecule has 194 valence electrons. The number of rotatable bonds is 7. The first-order valence-corrected chi connectivity index (χ1v) is 12.2. The minimum absolute atomic E-state index is 0.0575. The fourth-order valence-corrected chi connectivity index (χ4v) is 4.86. The summed E-state index contributed by atoms with van der Waals surface area (Å²) in [6.07, 6.45) is -0.738. The molecule has 36 heavy (non-hydrogen) atoms. The van der Waals surface area contributed by atoms with E-state index in [0.29, 0.717) is 47.6 Å². The Bertz CT molecular complexity index is 1150. The van der Waals surface area contributed by atoms with Crippen molar-refractivity contribution < 1.29 is 23.0 Å². The highest BCUT2D eigenvalue weighted by molar-refractivity contribution is 5.84. The Morgan fingerprint density at radius 2 is 1.75 bits per heavy atom. The number of nitrogens with zero attached hydrogens (tertiary/aromatic N) is 6. The van der Waals surface area contributed by atoms with Crippen LogP contribution in [0.25, 0.3) is 11.2 Å². The van der Waals surface area contributed by atoms with E-state index in [1.54, 1.807) is 6.33 Å². The molecule has 4 heterocycles. The number of hydrogen-bond acceptors (Lipinski definition) is 8. The van der Waals surface area contributed by atoms with Crippen LogP contribution in [0, 0.1) is 0 Å². The maximum atomic E-state index is 12.9. The standard InChI is InChI=1S/C24H30F3N7O2/c25-24(26,27)18-3-1-17(2-4-18)15-34-16-29-20-21(28-7-12-35)30-23(31-22(20)34)33-8-5-19(6-9-33)32-10-13-36-14-11-32/h1-4,16,19,35H,5-15H2,(H,28,30,31). The van der Waals surface area contributed by atoms with Gasteiger partial charge in [-0.15, -0.1) is 0 Å². The molecule has 12 heteroatoms. The van der Waals surface area contributed by atoms with Gasteiger partial charge in [0, 0.05) is 38.8 Å². The molecule has 0 unspecified atom stereocenters. The second-order valence-corrected chi connectivity index (χ2v) is 9.13. The van der Waals surface area contributed by atoms with Crippen LogP contribution in [0.3, 0.4) is 0 Å². The number of alkyl halides is 3. The summed E-state index contributed by atoms with van der Waals surface area (Å²) < 4.78 is 46.1. The zero-order valence-electron chi connectivity index (χ0n) is 19.9. The minimum atomic E-state index is -4.37. The molecule has 0 bridgehead atoms. The minimum Gasteiger partial charge on any atom is -0.395 e. The SMILES string of the molecule is OCCNc1nc(N2CCC(N3CCOCC3)CC2)nc2c1ncn2Cc1ccc(C(F)(F)F)cc1. The van der Waals surface area contributed by atoms with Gasteiger partial charge in [0.15, 0.2) is 17.0 Å². The molecular weight excluding hydrogens is 475 g/mol. The lowest BCUT2D eigenvalue weighted by Gasteiger charge is -2.40. The van der Waals surface area contributed by atoms with Gasteiger partial charge in [-0.05, 0) is 30.5 Å². The van der Waals surface area contributed by atoms with Crippen molar-refractivity contribution in [2.45, 2.75) is 31.6 Å². The lowest BCUT2D eigenvalue weighted by Crippen LogP contribution is -2.49. The number of benzene rings is 1. The molecule has 0 amide bonds. The Balaban J connectivity index is 1.38. The summed E-state index contributed by atoms with van der Waals surface area (Å²) in [6, 6.07) is 5.63. The van der Waals surface area contributed by atoms with Crippen molar-refractivity contribution in [3.63, 3.8) is 0 Å². The maximum absolute atomic E-state index is 12.9. The molecule has 0 spiro atoms. The van der Waals surface area contributed by atoms with Crippen LogP contribution in [0.5, 0.6) is 0 Å². The number of ether oxygens (including phenoxy) is 1. The predicted molar refractivity (Wildman–Crippen MR) is 129 cm³/mol. The van der Waals surface area contributed by atoms with Gasteiger partial charge in [-0.2, -0.15) is 23.1 Å². The van der Waals surface area contributed by atoms with Crippen LogP contribution in [-0.2, 0) is 17.5 Å². The smallest absolute Gasteiger partial charge is 0.395 e. The fraction of sp³-hybridized carbons (Fsp3) is 0.542. The van der Waals surface area contributed by atoms with E-state index in [9.17, 15) is 18.3 Å². The molecule has 2 N–H and O–H groups in total. The van der Waals surface area contributed by atoms with E-state index in [1.807, 2.05) is 4.57 Å². The van der Waals surface area contributed by atoms with Gasteiger partial charge in [-0.3, -0.25) is 4.90 Å². The van der Waals surface area contributed by atoms with Crippen LogP contribution in [-0.4, -0.2) is 88.1 Å². The second-order valence-electron chi connectivity index (χ2n) is 9.13. The van der Waals surface area contributed by atoms with E-state index in [4.69, 9.17) is 14.7 Å². The molecule has 2 aromatic heterocycles. The van der Waals surface area contributed by atoms with Crippen LogP contribution in [0.1, 0.15) is 24.0 Å². The lowest BCUT2D eigenvalue weighted by molar-refractivity contribution is -0.137. The zero-order valence-corrected chi connectivity index (χ0v) is 19.9. The maximum Gasteiger partial charge on any atom is 0.416 e. The number of nitrogens with one attached hydrogen (secondary N) is 1. The van der Waals surface area contributed by atoms with Crippen molar-refractivity contribution in [1.82, 2.24) is 24.4 Å². The van der Waals surface area contributed by atoms with E-state index < -0.39 is 11.7 Å². The topological polar surface area (TPSA) is 91.6 Å². The Hall–Kier alpha value is -2.96. The number of hydrogen-bond donors (Lipinski definition) is 2. The van der Waals surface area contributed by atoms with E-state index in [1.165, 1.54) is 12.1 Å². The third kappa shape index (κ3) is 5.40. The van der Waals surface area contributed by atoms with Crippen LogP contribution in [0.2, 0.25) is 0 Å². The van der Waals surface area contributed by atoms with E-state index in [0.717, 1.165) is 64.4 Å². The summed E-state index contributed by atoms with van der Waals surface area (Å²) >= 11 is 0. The first kappa shape index (κ1) is 24.7. The number of imidazole rings is 1. The number of aliphatic hydroxyl groups is 1. The number of piperidine rings is 1. The van der Waals surface area contributed by atoms with Gasteiger partial charge in [-0.25, -0.2) is 4.98 Å². The van der Waals surface area contributed by atoms with Crippen molar-refractivity contribution >= 4 is 22.9 Å². The Kier molecular flexibility index (Phi) is 7.26. The molecule has 0 radical (unpaired) electrons. The average molecular weight is 506 g/mol. The van der Waals surface area contributed by atoms with Crippen molar-refractivity contribution in [3.05, 3.63) is 41.7 Å². The molecule has 2 aliphatic heterocycles. The number of aliphatic hydroxyl groups excluding tert-OH is 1. The van der Waals surface area contributed by atoms with E-state index in [2.05, 4.69) is 20.1 Å². The van der Waals surface area contributed by atoms with Gasteiger partial charge in [0.05, 0.1) is 38.3 Å². The molecule has 3 aromatic rings. The van der Waals surface area contributed by atoms with Crippen LogP contribution >= 0.6 is 0 Å². The molecule has 2 saturated heterocycles. The van der Waals surface area contributed by atoms with Crippen molar-refractivity contribution in [3.8, 4) is 0 Å². The molecule has 2 fully saturated rings. The molecule has 0 atom stereocenters. The van der Waals surface area contributed by atoms with Crippen molar-refractivity contribution in [1.29, 1.82) is 0 Å². The molecule has 1 aromatic carbocycles. The average Bonchev–Trinajstić information content (AvgIpc) is 3.30. The number of aromatic nitrogens is 4. The first-order valence-electron chi connectivity index (χ1n) is 12.2. The summed E-state index contributed by atoms with van der Waals surface area (Å²) in [7, 11) is 0. The Morgan fingerprint density at radius 3 is 2.42 bits per heavy atom. The summed E-state index contributed by atoms with van der Waals surface area (Å²) in [5.41, 5.74) is 1.18. The van der Waals surface area contributed by atoms with Gasteiger partial charge in [0.25, 0.3) is 0 Å². The summed E-state index contributed by atoms with van der Waals surface area (Å²) in [5, 5.41) is 12.4. The second kappa shape index (κ2) is 10.6. The number of halogens is 3. The number of morpholine rings is 1. The summed E-state index contributed by atoms with van der Waals surface area (Å²) in [5.74, 6) is 1.11. The summed E-state index contributed by atoms with van der Waals surface area (Å²) in [6.45, 7) is 5.71. The number of fused-ring (bicyclic) bond motifs is 1. The highest BCUT2D eigenvalue weighted by Gasteiger charge is 2.30. The Morgan fingerprint density at radius 1 is 1.03 bits per heavy atom. The molecule has 2 aliphatic rings. The largest absolute Gasteiger partial charge is 0.416 e. The quantitative estimate of drug-likeness (QED) is 0.507. The van der Waals surface area contributed by atoms with Gasteiger partial charge >= 0.3 is 6.18 Å². The molecular formula is C24H30F3N7O2. The molecule has 9 nitrogen and oxygen atoms in total. The molecule has 5 rings (SSSR count). The lowest BCUT2D eigenvalue weighted by atomic mass is 10.0. The highest BCUT2D eigenvalue weighted by atomic mass is 19.4. The third-order valence-corrected chi connectivity index (χ3v) is 6.80. The van der Waals surface area contributed by atoms with Gasteiger partial charge in [0.2, 0.25) is 5.95 Å². The first-order chi connectivity index (χ1) is 17.4. The van der Waals surface area contributed by atoms with E-state index >= 15 is 0 Å². The third-order valence-electron chi connectivity index (χ3n) is 6.80. The molecule has 0 saturated carbocycles. The van der Waals surface area contributed by atoms with Gasteiger partial charge in [-0.1, -0.05) is 12.1 Å². The fourth-order valence-electron chi connectivity index (χ4n) is 4.86. The predicted octanol–water partition coefficient (Wildman–Crippen LogP) is 2.60. The highest BCUT2D eigenvalue weighted by Crippen LogP contribution is 2.30. The van der Waals surface area contributed by atoms with Gasteiger partial charge in [0.1, 0.15) is 0 Å². The van der Waals surface area contributed by atoms with Crippen LogP contribution in [0.15, 0.2) is 30.6 Å². The van der Waals surface area contributed by atoms with Crippen molar-refractivity contribution in [2.75, 3.05) is 62.8 Å². The number of anilines is 2. The van der Waals surface area contributed by atoms with Crippen LogP contribution in [0.4, 0.5) is 24.9 Å². The zero-order chi connectivity index (χ0) is 25.1. The van der Waals surface area contributed by atoms with Crippen molar-refractivity contribution in [2.24, 2.45) is 0 Å². The van der Waals surface area contributed by atoms with E-state index in [-0.39, 0.29) is 6.61 Å².